The predicted molar refractivity (Wildman–Crippen MR) is 52.4 cm³/mol. The first kappa shape index (κ1) is 12.9. The van der Waals surface area contributed by atoms with Crippen molar-refractivity contribution in [2.45, 2.75) is 25.8 Å². The molecule has 5 nitrogen and oxygen atoms in total. The lowest BCUT2D eigenvalue weighted by Crippen LogP contribution is -2.47. The molecule has 0 bridgehead atoms. The predicted octanol–water partition coefficient (Wildman–Crippen LogP) is -0.623. The van der Waals surface area contributed by atoms with Crippen molar-refractivity contribution in [3.63, 3.8) is 0 Å². The first-order valence-corrected chi connectivity index (χ1v) is 4.51. The number of carbonyl (C=O) groups is 1. The Kier molecular flexibility index (Phi) is 5.84. The smallest absolute Gasteiger partial charge is 0.234 e. The van der Waals surface area contributed by atoms with Crippen molar-refractivity contribution in [2.24, 2.45) is 0 Å². The van der Waals surface area contributed by atoms with Gasteiger partial charge in [-0.25, -0.2) is 0 Å². The van der Waals surface area contributed by atoms with E-state index >= 15 is 0 Å². The van der Waals surface area contributed by atoms with E-state index < -0.39 is 5.54 Å². The molecule has 0 spiro atoms. The number of aliphatic hydroxyl groups excluding tert-OH is 1. The molecule has 0 unspecified atom stereocenters. The number of carbonyl (C=O) groups excluding carboxylic acids is 1. The van der Waals surface area contributed by atoms with Crippen LogP contribution in [0.1, 0.15) is 20.3 Å². The Bertz CT molecular complexity index is 221. The number of rotatable bonds is 6. The Labute approximate surface area is 84.1 Å². The summed E-state index contributed by atoms with van der Waals surface area (Å²) in [6.45, 7) is 4.10. The molecule has 0 aromatic heterocycles. The van der Waals surface area contributed by atoms with Crippen molar-refractivity contribution in [1.82, 2.24) is 10.6 Å². The largest absolute Gasteiger partial charge is 0.394 e. The van der Waals surface area contributed by atoms with E-state index in [1.54, 1.807) is 13.8 Å². The standard InChI is InChI=1S/C9H17N3O2/c1-9(2,7-13)12-6-8(14)11-5-3-4-10/h12-13H,3,5-7H2,1-2H3,(H,11,14). The van der Waals surface area contributed by atoms with Crippen LogP contribution < -0.4 is 10.6 Å². The molecule has 1 amide bonds. The lowest BCUT2D eigenvalue weighted by atomic mass is 10.1. The Morgan fingerprint density at radius 3 is 2.71 bits per heavy atom. The maximum atomic E-state index is 11.1. The number of nitriles is 1. The van der Waals surface area contributed by atoms with Crippen molar-refractivity contribution in [1.29, 1.82) is 5.26 Å². The molecule has 0 heterocycles. The SMILES string of the molecule is CC(C)(CO)NCC(=O)NCCC#N. The molecule has 0 aliphatic rings. The van der Waals surface area contributed by atoms with E-state index in [1.807, 2.05) is 6.07 Å². The Morgan fingerprint density at radius 2 is 2.21 bits per heavy atom. The second kappa shape index (κ2) is 6.35. The minimum atomic E-state index is -0.452. The summed E-state index contributed by atoms with van der Waals surface area (Å²) >= 11 is 0. The van der Waals surface area contributed by atoms with Crippen LogP contribution in [0.15, 0.2) is 0 Å². The van der Waals surface area contributed by atoms with E-state index in [1.165, 1.54) is 0 Å². The molecule has 14 heavy (non-hydrogen) atoms. The third-order valence-corrected chi connectivity index (χ3v) is 1.68. The van der Waals surface area contributed by atoms with E-state index in [0.717, 1.165) is 0 Å². The Hall–Kier alpha value is -1.12. The highest BCUT2D eigenvalue weighted by atomic mass is 16.3. The van der Waals surface area contributed by atoms with E-state index in [0.29, 0.717) is 13.0 Å². The van der Waals surface area contributed by atoms with Gasteiger partial charge >= 0.3 is 0 Å². The molecule has 0 saturated heterocycles. The monoisotopic (exact) mass is 199 g/mol. The topological polar surface area (TPSA) is 85.2 Å². The quantitative estimate of drug-likeness (QED) is 0.497. The first-order chi connectivity index (χ1) is 6.52. The zero-order valence-corrected chi connectivity index (χ0v) is 8.63. The van der Waals surface area contributed by atoms with Crippen molar-refractivity contribution in [3.05, 3.63) is 0 Å². The average Bonchev–Trinajstić information content (AvgIpc) is 2.16. The summed E-state index contributed by atoms with van der Waals surface area (Å²) in [5, 5.41) is 22.6. The highest BCUT2D eigenvalue weighted by molar-refractivity contribution is 5.78. The van der Waals surface area contributed by atoms with Gasteiger partial charge in [0.2, 0.25) is 5.91 Å². The molecule has 0 fully saturated rings. The van der Waals surface area contributed by atoms with Crippen molar-refractivity contribution in [3.8, 4) is 6.07 Å². The first-order valence-electron chi connectivity index (χ1n) is 4.51. The molecule has 0 saturated carbocycles. The minimum absolute atomic E-state index is 0.0293. The average molecular weight is 199 g/mol. The van der Waals surface area contributed by atoms with E-state index in [-0.39, 0.29) is 19.1 Å². The highest BCUT2D eigenvalue weighted by Gasteiger charge is 2.16. The maximum absolute atomic E-state index is 11.1. The van der Waals surface area contributed by atoms with Gasteiger partial charge in [-0.05, 0) is 13.8 Å². The van der Waals surface area contributed by atoms with Gasteiger partial charge in [0.25, 0.3) is 0 Å². The van der Waals surface area contributed by atoms with Gasteiger partial charge in [0, 0.05) is 12.1 Å². The lowest BCUT2D eigenvalue weighted by Gasteiger charge is -2.22. The highest BCUT2D eigenvalue weighted by Crippen LogP contribution is 1.97. The van der Waals surface area contributed by atoms with Gasteiger partial charge < -0.3 is 15.7 Å². The third kappa shape index (κ3) is 6.40. The minimum Gasteiger partial charge on any atom is -0.394 e. The van der Waals surface area contributed by atoms with Crippen LogP contribution >= 0.6 is 0 Å². The molecule has 0 rings (SSSR count). The van der Waals surface area contributed by atoms with Gasteiger partial charge in [-0.2, -0.15) is 5.26 Å². The van der Waals surface area contributed by atoms with Gasteiger partial charge in [0.1, 0.15) is 0 Å². The summed E-state index contributed by atoms with van der Waals surface area (Å²) in [6, 6.07) is 1.93. The fourth-order valence-electron chi connectivity index (χ4n) is 0.696. The van der Waals surface area contributed by atoms with E-state index in [4.69, 9.17) is 10.4 Å². The van der Waals surface area contributed by atoms with Crippen molar-refractivity contribution >= 4 is 5.91 Å². The summed E-state index contributed by atoms with van der Waals surface area (Å²) in [7, 11) is 0. The molecule has 0 aromatic rings. The van der Waals surface area contributed by atoms with Gasteiger partial charge in [-0.1, -0.05) is 0 Å². The zero-order chi connectivity index (χ0) is 11.0. The third-order valence-electron chi connectivity index (χ3n) is 1.68. The van der Waals surface area contributed by atoms with E-state index in [9.17, 15) is 4.79 Å². The molecule has 0 aliphatic carbocycles. The van der Waals surface area contributed by atoms with E-state index in [2.05, 4.69) is 10.6 Å². The van der Waals surface area contributed by atoms with Crippen LogP contribution in [0, 0.1) is 11.3 Å². The number of amides is 1. The lowest BCUT2D eigenvalue weighted by molar-refractivity contribution is -0.120. The van der Waals surface area contributed by atoms with Gasteiger partial charge in [-0.15, -0.1) is 0 Å². The number of nitrogens with one attached hydrogen (secondary N) is 2. The Balaban J connectivity index is 3.60. The second-order valence-electron chi connectivity index (χ2n) is 3.65. The summed E-state index contributed by atoms with van der Waals surface area (Å²) in [5.41, 5.74) is -0.452. The molecule has 5 heteroatoms. The number of nitrogens with zero attached hydrogens (tertiary/aromatic N) is 1. The van der Waals surface area contributed by atoms with Crippen LogP contribution in [0.2, 0.25) is 0 Å². The van der Waals surface area contributed by atoms with Crippen LogP contribution in [0.4, 0.5) is 0 Å². The van der Waals surface area contributed by atoms with Crippen molar-refractivity contribution < 1.29 is 9.90 Å². The fraction of sp³-hybridized carbons (Fsp3) is 0.778. The van der Waals surface area contributed by atoms with Crippen LogP contribution in [-0.2, 0) is 4.79 Å². The van der Waals surface area contributed by atoms with Crippen LogP contribution in [0.5, 0.6) is 0 Å². The zero-order valence-electron chi connectivity index (χ0n) is 8.63. The molecule has 0 radical (unpaired) electrons. The summed E-state index contributed by atoms with van der Waals surface area (Å²) in [4.78, 5) is 11.1. The van der Waals surface area contributed by atoms with Crippen LogP contribution in [0.25, 0.3) is 0 Å². The number of hydrogen-bond acceptors (Lipinski definition) is 4. The van der Waals surface area contributed by atoms with Gasteiger partial charge in [0.15, 0.2) is 0 Å². The second-order valence-corrected chi connectivity index (χ2v) is 3.65. The van der Waals surface area contributed by atoms with Gasteiger partial charge in [-0.3, -0.25) is 4.79 Å². The normalized spacial score (nSPS) is 10.7. The molecule has 0 atom stereocenters. The maximum Gasteiger partial charge on any atom is 0.234 e. The molecular weight excluding hydrogens is 182 g/mol. The van der Waals surface area contributed by atoms with Crippen LogP contribution in [0.3, 0.4) is 0 Å². The van der Waals surface area contributed by atoms with Crippen LogP contribution in [-0.4, -0.2) is 36.2 Å². The molecule has 3 N–H and O–H groups in total. The van der Waals surface area contributed by atoms with Gasteiger partial charge in [0.05, 0.1) is 25.6 Å². The summed E-state index contributed by atoms with van der Waals surface area (Å²) in [5.74, 6) is -0.165. The molecular formula is C9H17N3O2. The summed E-state index contributed by atoms with van der Waals surface area (Å²) < 4.78 is 0. The molecule has 0 aromatic carbocycles. The fourth-order valence-corrected chi connectivity index (χ4v) is 0.696. The summed E-state index contributed by atoms with van der Waals surface area (Å²) in [6.07, 6.45) is 0.315. The number of hydrogen-bond donors (Lipinski definition) is 3. The molecule has 80 valence electrons. The number of aliphatic hydroxyl groups is 1. The van der Waals surface area contributed by atoms with Crippen molar-refractivity contribution in [2.75, 3.05) is 19.7 Å². The Morgan fingerprint density at radius 1 is 1.57 bits per heavy atom. The molecule has 0 aliphatic heterocycles.